The Hall–Kier alpha value is -1.92. The molecular formula is C19H21N3OS2. The Bertz CT molecular complexity index is 877. The number of carbonyl (C=O) groups excluding carboxylic acids is 1. The molecule has 0 radical (unpaired) electrons. The molecule has 4 nitrogen and oxygen atoms in total. The molecule has 0 saturated heterocycles. The molecule has 0 spiro atoms. The number of thiophene rings is 1. The van der Waals surface area contributed by atoms with E-state index in [1.54, 1.807) is 16.2 Å². The minimum absolute atomic E-state index is 0.101. The van der Waals surface area contributed by atoms with Crippen LogP contribution in [0.25, 0.3) is 10.2 Å². The fourth-order valence-electron chi connectivity index (χ4n) is 2.52. The molecule has 0 aliphatic rings. The first kappa shape index (κ1) is 17.9. The van der Waals surface area contributed by atoms with E-state index in [9.17, 15) is 4.79 Å². The molecule has 2 heterocycles. The van der Waals surface area contributed by atoms with Crippen LogP contribution in [-0.2, 0) is 17.8 Å². The monoisotopic (exact) mass is 371 g/mol. The third-order valence-corrected chi connectivity index (χ3v) is 6.04. The van der Waals surface area contributed by atoms with Crippen LogP contribution in [0.1, 0.15) is 23.2 Å². The second kappa shape index (κ2) is 7.97. The van der Waals surface area contributed by atoms with E-state index >= 15 is 0 Å². The topological polar surface area (TPSA) is 46.1 Å². The number of amides is 1. The van der Waals surface area contributed by atoms with Gasteiger partial charge in [0.15, 0.2) is 0 Å². The molecule has 0 atom stereocenters. The van der Waals surface area contributed by atoms with Gasteiger partial charge in [-0.1, -0.05) is 49.0 Å². The SMILES string of the molecule is CCc1cc2c(SCC(=O)N(C)Cc3ccccc3)nc(C)nc2s1. The lowest BCUT2D eigenvalue weighted by molar-refractivity contribution is -0.127. The Balaban J connectivity index is 1.69. The molecule has 2 aromatic heterocycles. The number of nitrogens with zero attached hydrogens (tertiary/aromatic N) is 3. The van der Waals surface area contributed by atoms with Crippen LogP contribution in [0.2, 0.25) is 0 Å². The summed E-state index contributed by atoms with van der Waals surface area (Å²) in [5.41, 5.74) is 1.13. The molecule has 0 bridgehead atoms. The highest BCUT2D eigenvalue weighted by Gasteiger charge is 2.14. The van der Waals surface area contributed by atoms with Gasteiger partial charge < -0.3 is 4.90 Å². The smallest absolute Gasteiger partial charge is 0.233 e. The highest BCUT2D eigenvalue weighted by atomic mass is 32.2. The largest absolute Gasteiger partial charge is 0.341 e. The molecular weight excluding hydrogens is 350 g/mol. The molecule has 0 unspecified atom stereocenters. The maximum atomic E-state index is 12.5. The lowest BCUT2D eigenvalue weighted by atomic mass is 10.2. The predicted molar refractivity (Wildman–Crippen MR) is 105 cm³/mol. The first-order valence-corrected chi connectivity index (χ1v) is 10.0. The Morgan fingerprint density at radius 2 is 2.00 bits per heavy atom. The third kappa shape index (κ3) is 4.38. The quantitative estimate of drug-likeness (QED) is 0.478. The molecule has 0 saturated carbocycles. The van der Waals surface area contributed by atoms with Crippen LogP contribution >= 0.6 is 23.1 Å². The van der Waals surface area contributed by atoms with Gasteiger partial charge in [0, 0.05) is 23.9 Å². The molecule has 1 aromatic carbocycles. The zero-order valence-electron chi connectivity index (χ0n) is 14.7. The van der Waals surface area contributed by atoms with Crippen molar-refractivity contribution in [1.82, 2.24) is 14.9 Å². The van der Waals surface area contributed by atoms with Crippen molar-refractivity contribution in [3.63, 3.8) is 0 Å². The lowest BCUT2D eigenvalue weighted by Crippen LogP contribution is -2.27. The van der Waals surface area contributed by atoms with Crippen LogP contribution in [0, 0.1) is 6.92 Å². The van der Waals surface area contributed by atoms with E-state index < -0.39 is 0 Å². The van der Waals surface area contributed by atoms with Gasteiger partial charge in [-0.3, -0.25) is 4.79 Å². The first-order chi connectivity index (χ1) is 12.1. The van der Waals surface area contributed by atoms with Crippen LogP contribution in [0.4, 0.5) is 0 Å². The normalized spacial score (nSPS) is 11.0. The van der Waals surface area contributed by atoms with Gasteiger partial charge in [-0.25, -0.2) is 9.97 Å². The number of benzene rings is 1. The summed E-state index contributed by atoms with van der Waals surface area (Å²) in [5.74, 6) is 1.24. The average Bonchev–Trinajstić information content (AvgIpc) is 3.03. The summed E-state index contributed by atoms with van der Waals surface area (Å²) in [4.78, 5) is 25.6. The molecule has 25 heavy (non-hydrogen) atoms. The van der Waals surface area contributed by atoms with Crippen LogP contribution in [-0.4, -0.2) is 33.6 Å². The molecule has 3 aromatic rings. The van der Waals surface area contributed by atoms with E-state index in [4.69, 9.17) is 0 Å². The minimum Gasteiger partial charge on any atom is -0.341 e. The third-order valence-electron chi connectivity index (χ3n) is 3.89. The molecule has 0 fully saturated rings. The van der Waals surface area contributed by atoms with Crippen LogP contribution in [0.5, 0.6) is 0 Å². The van der Waals surface area contributed by atoms with Crippen molar-refractivity contribution in [3.05, 3.63) is 52.7 Å². The van der Waals surface area contributed by atoms with E-state index in [1.807, 2.05) is 44.3 Å². The molecule has 0 aliphatic carbocycles. The van der Waals surface area contributed by atoms with Crippen LogP contribution < -0.4 is 0 Å². The number of hydrogen-bond acceptors (Lipinski definition) is 5. The number of aromatic nitrogens is 2. The lowest BCUT2D eigenvalue weighted by Gasteiger charge is -2.17. The molecule has 0 aliphatic heterocycles. The van der Waals surface area contributed by atoms with Crippen molar-refractivity contribution in [3.8, 4) is 0 Å². The van der Waals surface area contributed by atoms with Gasteiger partial charge in [0.05, 0.1) is 5.75 Å². The Morgan fingerprint density at radius 1 is 1.24 bits per heavy atom. The van der Waals surface area contributed by atoms with Gasteiger partial charge in [-0.15, -0.1) is 11.3 Å². The van der Waals surface area contributed by atoms with Crippen molar-refractivity contribution in [2.75, 3.05) is 12.8 Å². The summed E-state index contributed by atoms with van der Waals surface area (Å²) in [7, 11) is 1.84. The molecule has 0 N–H and O–H groups in total. The van der Waals surface area contributed by atoms with Gasteiger partial charge in [-0.05, 0) is 25.0 Å². The summed E-state index contributed by atoms with van der Waals surface area (Å²) in [6.45, 7) is 4.66. The minimum atomic E-state index is 0.101. The van der Waals surface area contributed by atoms with E-state index in [1.165, 1.54) is 16.6 Å². The maximum Gasteiger partial charge on any atom is 0.233 e. The van der Waals surface area contributed by atoms with Crippen molar-refractivity contribution in [1.29, 1.82) is 0 Å². The van der Waals surface area contributed by atoms with Crippen LogP contribution in [0.15, 0.2) is 41.4 Å². The van der Waals surface area contributed by atoms with Gasteiger partial charge in [0.1, 0.15) is 15.7 Å². The maximum absolute atomic E-state index is 12.5. The van der Waals surface area contributed by atoms with Gasteiger partial charge >= 0.3 is 0 Å². The van der Waals surface area contributed by atoms with Crippen molar-refractivity contribution in [2.24, 2.45) is 0 Å². The number of fused-ring (bicyclic) bond motifs is 1. The number of aryl methyl sites for hydroxylation is 2. The van der Waals surface area contributed by atoms with E-state index in [0.717, 1.165) is 33.1 Å². The highest BCUT2D eigenvalue weighted by Crippen LogP contribution is 2.31. The second-order valence-electron chi connectivity index (χ2n) is 5.89. The molecule has 1 amide bonds. The fourth-order valence-corrected chi connectivity index (χ4v) is 4.58. The van der Waals surface area contributed by atoms with Gasteiger partial charge in [0.25, 0.3) is 0 Å². The van der Waals surface area contributed by atoms with E-state index in [2.05, 4.69) is 23.0 Å². The predicted octanol–water partition coefficient (Wildman–Crippen LogP) is 4.31. The zero-order valence-corrected chi connectivity index (χ0v) is 16.3. The van der Waals surface area contributed by atoms with Crippen molar-refractivity contribution < 1.29 is 4.79 Å². The summed E-state index contributed by atoms with van der Waals surface area (Å²) in [5, 5.41) is 1.97. The molecule has 6 heteroatoms. The summed E-state index contributed by atoms with van der Waals surface area (Å²) in [6, 6.07) is 12.2. The summed E-state index contributed by atoms with van der Waals surface area (Å²) < 4.78 is 0. The summed E-state index contributed by atoms with van der Waals surface area (Å²) in [6.07, 6.45) is 0.989. The van der Waals surface area contributed by atoms with Crippen molar-refractivity contribution in [2.45, 2.75) is 31.8 Å². The Kier molecular flexibility index (Phi) is 5.71. The van der Waals surface area contributed by atoms with Crippen molar-refractivity contribution >= 4 is 39.2 Å². The number of thioether (sulfide) groups is 1. The average molecular weight is 372 g/mol. The molecule has 130 valence electrons. The number of rotatable bonds is 6. The second-order valence-corrected chi connectivity index (χ2v) is 7.96. The molecule has 3 rings (SSSR count). The number of carbonyl (C=O) groups is 1. The van der Waals surface area contributed by atoms with E-state index in [-0.39, 0.29) is 5.91 Å². The van der Waals surface area contributed by atoms with Gasteiger partial charge in [-0.2, -0.15) is 0 Å². The van der Waals surface area contributed by atoms with E-state index in [0.29, 0.717) is 12.3 Å². The fraction of sp³-hybridized carbons (Fsp3) is 0.316. The highest BCUT2D eigenvalue weighted by molar-refractivity contribution is 8.00. The van der Waals surface area contributed by atoms with Crippen LogP contribution in [0.3, 0.4) is 0 Å². The number of hydrogen-bond donors (Lipinski definition) is 0. The zero-order chi connectivity index (χ0) is 17.8. The standard InChI is InChI=1S/C19H21N3OS2/c1-4-15-10-16-18(20-13(2)21-19(16)25-15)24-12-17(23)22(3)11-14-8-6-5-7-9-14/h5-10H,4,11-12H2,1-3H3. The van der Waals surface area contributed by atoms with Gasteiger partial charge in [0.2, 0.25) is 5.91 Å². The Labute approximate surface area is 156 Å². The Morgan fingerprint density at radius 3 is 2.72 bits per heavy atom. The first-order valence-electron chi connectivity index (χ1n) is 8.24. The summed E-state index contributed by atoms with van der Waals surface area (Å²) >= 11 is 3.21.